The molecule has 1 unspecified atom stereocenters. The maximum atomic E-state index is 13.2. The molecule has 3 heterocycles. The Balaban J connectivity index is 1.45. The van der Waals surface area contributed by atoms with Gasteiger partial charge < -0.3 is 20.6 Å². The van der Waals surface area contributed by atoms with E-state index in [1.54, 1.807) is 6.20 Å². The van der Waals surface area contributed by atoms with Gasteiger partial charge in [-0.3, -0.25) is 14.4 Å². The van der Waals surface area contributed by atoms with Gasteiger partial charge in [0.2, 0.25) is 5.91 Å². The number of likely N-dealkylation sites (tertiary alicyclic amines) is 1. The minimum absolute atomic E-state index is 0.0957. The van der Waals surface area contributed by atoms with Crippen LogP contribution >= 0.6 is 0 Å². The number of piperidine rings is 1. The highest BCUT2D eigenvalue weighted by molar-refractivity contribution is 5.87. The van der Waals surface area contributed by atoms with Gasteiger partial charge in [-0.25, -0.2) is 4.98 Å². The largest absolute Gasteiger partial charge is 0.369 e. The zero-order valence-corrected chi connectivity index (χ0v) is 22.5. The number of ketones is 1. The second-order valence-electron chi connectivity index (χ2n) is 11.4. The van der Waals surface area contributed by atoms with E-state index < -0.39 is 5.41 Å². The number of carbonyl (C=O) groups is 2. The van der Waals surface area contributed by atoms with E-state index in [4.69, 9.17) is 10.7 Å². The van der Waals surface area contributed by atoms with Crippen LogP contribution in [0.4, 0.5) is 0 Å². The third-order valence-electron chi connectivity index (χ3n) is 9.23. The molecule has 2 aromatic heterocycles. The topological polar surface area (TPSA) is 125 Å². The first-order valence-corrected chi connectivity index (χ1v) is 14.0. The summed E-state index contributed by atoms with van der Waals surface area (Å²) in [5.74, 6) is 0.624. The standard InChI is InChI=1S/C30H39N5O3/c1-3-21(36)10-5-4-6-11-23(30(28(31)38)19-29(30)13-15-35(2)16-14-29)26-32-18-25(33-26)22-17-20-9-7-8-12-24(20)34-27(22)37/h7-9,12,17-18,23H,3-6,10-11,13-16,19H2,1-2H3,(H2,31,38)(H,32,33)(H,34,37)/t23-,30?/m1/s1. The molecule has 4 N–H and O–H groups in total. The van der Waals surface area contributed by atoms with Crippen molar-refractivity contribution in [1.82, 2.24) is 19.9 Å². The maximum absolute atomic E-state index is 13.2. The summed E-state index contributed by atoms with van der Waals surface area (Å²) in [6, 6.07) is 9.57. The first-order chi connectivity index (χ1) is 18.3. The predicted molar refractivity (Wildman–Crippen MR) is 149 cm³/mol. The van der Waals surface area contributed by atoms with Crippen molar-refractivity contribution in [2.75, 3.05) is 20.1 Å². The van der Waals surface area contributed by atoms with Crippen molar-refractivity contribution in [2.45, 2.75) is 70.6 Å². The number of carbonyl (C=O) groups excluding carboxylic acids is 2. The van der Waals surface area contributed by atoms with E-state index in [9.17, 15) is 14.4 Å². The van der Waals surface area contributed by atoms with Crippen molar-refractivity contribution in [3.05, 3.63) is 52.7 Å². The summed E-state index contributed by atoms with van der Waals surface area (Å²) in [6.45, 7) is 3.81. The lowest BCUT2D eigenvalue weighted by Crippen LogP contribution is -2.41. The number of Topliss-reactive ketones (excluding diaryl/α,β-unsaturated/α-hetero) is 1. The summed E-state index contributed by atoms with van der Waals surface area (Å²) >= 11 is 0. The number of nitrogens with two attached hydrogens (primary N) is 1. The van der Waals surface area contributed by atoms with Gasteiger partial charge in [-0.2, -0.15) is 0 Å². The molecule has 1 saturated carbocycles. The Labute approximate surface area is 223 Å². The zero-order chi connectivity index (χ0) is 26.9. The van der Waals surface area contributed by atoms with Crippen LogP contribution in [-0.2, 0) is 9.59 Å². The lowest BCUT2D eigenvalue weighted by Gasteiger charge is -2.35. The fraction of sp³-hybridized carbons (Fsp3) is 0.533. The van der Waals surface area contributed by atoms with Crippen LogP contribution < -0.4 is 11.3 Å². The van der Waals surface area contributed by atoms with Gasteiger partial charge in [0.15, 0.2) is 0 Å². The molecule has 5 rings (SSSR count). The second kappa shape index (κ2) is 10.5. The molecule has 0 bridgehead atoms. The monoisotopic (exact) mass is 517 g/mol. The summed E-state index contributed by atoms with van der Waals surface area (Å²) in [4.78, 5) is 51.3. The number of hydrogen-bond acceptors (Lipinski definition) is 5. The second-order valence-corrected chi connectivity index (χ2v) is 11.4. The van der Waals surface area contributed by atoms with Crippen molar-refractivity contribution in [1.29, 1.82) is 0 Å². The van der Waals surface area contributed by atoms with Gasteiger partial charge in [-0.1, -0.05) is 38.0 Å². The van der Waals surface area contributed by atoms with Crippen LogP contribution in [0.5, 0.6) is 0 Å². The van der Waals surface area contributed by atoms with E-state index in [0.717, 1.165) is 74.8 Å². The average Bonchev–Trinajstić information content (AvgIpc) is 3.30. The number of H-pyrrole nitrogens is 2. The summed E-state index contributed by atoms with van der Waals surface area (Å²) in [7, 11) is 2.12. The molecule has 38 heavy (non-hydrogen) atoms. The minimum atomic E-state index is -0.640. The van der Waals surface area contributed by atoms with Crippen molar-refractivity contribution in [2.24, 2.45) is 16.6 Å². The van der Waals surface area contributed by atoms with Gasteiger partial charge in [0.05, 0.1) is 22.9 Å². The molecule has 2 fully saturated rings. The van der Waals surface area contributed by atoms with Crippen LogP contribution in [0.15, 0.2) is 41.3 Å². The molecule has 1 spiro atoms. The highest BCUT2D eigenvalue weighted by Crippen LogP contribution is 2.74. The molecule has 8 nitrogen and oxygen atoms in total. The summed E-state index contributed by atoms with van der Waals surface area (Å²) < 4.78 is 0. The highest BCUT2D eigenvalue weighted by atomic mass is 16.1. The van der Waals surface area contributed by atoms with E-state index in [1.165, 1.54) is 0 Å². The zero-order valence-electron chi connectivity index (χ0n) is 22.5. The third kappa shape index (κ3) is 4.70. The minimum Gasteiger partial charge on any atom is -0.369 e. The van der Waals surface area contributed by atoms with Gasteiger partial charge in [-0.05, 0) is 75.2 Å². The molecule has 1 aliphatic carbocycles. The van der Waals surface area contributed by atoms with Crippen LogP contribution in [0, 0.1) is 10.8 Å². The number of pyridine rings is 1. The smallest absolute Gasteiger partial charge is 0.257 e. The number of aromatic amines is 2. The lowest BCUT2D eigenvalue weighted by molar-refractivity contribution is -0.126. The number of benzene rings is 1. The maximum Gasteiger partial charge on any atom is 0.257 e. The van der Waals surface area contributed by atoms with E-state index >= 15 is 0 Å². The summed E-state index contributed by atoms with van der Waals surface area (Å²) in [6.07, 6.45) is 9.01. The molecule has 202 valence electrons. The van der Waals surface area contributed by atoms with Crippen LogP contribution in [0.2, 0.25) is 0 Å². The Morgan fingerprint density at radius 2 is 1.89 bits per heavy atom. The SMILES string of the molecule is CCC(=O)CCCCC[C@H](c1ncc(-c2cc3ccccc3[nH]c2=O)[nH]1)C1(C(N)=O)CC12CCN(C)CC2. The summed E-state index contributed by atoms with van der Waals surface area (Å²) in [5, 5.41) is 0.942. The Hall–Kier alpha value is -3.26. The molecule has 1 amide bonds. The van der Waals surface area contributed by atoms with Crippen molar-refractivity contribution >= 4 is 22.6 Å². The Morgan fingerprint density at radius 1 is 1.13 bits per heavy atom. The van der Waals surface area contributed by atoms with E-state index in [0.29, 0.717) is 29.9 Å². The van der Waals surface area contributed by atoms with Gasteiger partial charge >= 0.3 is 0 Å². The van der Waals surface area contributed by atoms with E-state index in [1.807, 2.05) is 37.3 Å². The molecule has 1 saturated heterocycles. The fourth-order valence-electron chi connectivity index (χ4n) is 6.81. The van der Waals surface area contributed by atoms with Gasteiger partial charge in [0, 0.05) is 24.3 Å². The molecule has 8 heteroatoms. The molecular weight excluding hydrogens is 478 g/mol. The van der Waals surface area contributed by atoms with Crippen LogP contribution in [0.3, 0.4) is 0 Å². The van der Waals surface area contributed by atoms with Gasteiger partial charge in [0.1, 0.15) is 11.6 Å². The van der Waals surface area contributed by atoms with Crippen molar-refractivity contribution in [3.63, 3.8) is 0 Å². The molecule has 1 aromatic carbocycles. The Bertz CT molecular complexity index is 1380. The molecule has 1 aliphatic heterocycles. The molecule has 0 radical (unpaired) electrons. The van der Waals surface area contributed by atoms with Crippen LogP contribution in [0.1, 0.15) is 76.5 Å². The number of unbranched alkanes of at least 4 members (excludes halogenated alkanes) is 2. The van der Waals surface area contributed by atoms with Gasteiger partial charge in [-0.15, -0.1) is 0 Å². The fourth-order valence-corrected chi connectivity index (χ4v) is 6.81. The quantitative estimate of drug-likeness (QED) is 0.323. The number of amides is 1. The summed E-state index contributed by atoms with van der Waals surface area (Å²) in [5.41, 5.74) is 7.25. The van der Waals surface area contributed by atoms with Crippen molar-refractivity contribution < 1.29 is 9.59 Å². The number of hydrogen-bond donors (Lipinski definition) is 3. The molecule has 2 atom stereocenters. The Kier molecular flexibility index (Phi) is 7.27. The van der Waals surface area contributed by atoms with Crippen LogP contribution in [0.25, 0.3) is 22.2 Å². The van der Waals surface area contributed by atoms with Gasteiger partial charge in [0.25, 0.3) is 5.56 Å². The van der Waals surface area contributed by atoms with Crippen LogP contribution in [-0.4, -0.2) is 51.7 Å². The van der Waals surface area contributed by atoms with E-state index in [-0.39, 0.29) is 22.8 Å². The normalized spacial score (nSPS) is 21.5. The number of primary amides is 1. The lowest BCUT2D eigenvalue weighted by atomic mass is 9.74. The molecule has 3 aromatic rings. The first kappa shape index (κ1) is 26.4. The number of rotatable bonds is 11. The highest BCUT2D eigenvalue weighted by Gasteiger charge is 2.74. The number of nitrogens with one attached hydrogen (secondary N) is 2. The number of imidazole rings is 1. The Morgan fingerprint density at radius 3 is 2.63 bits per heavy atom. The predicted octanol–water partition coefficient (Wildman–Crippen LogP) is 4.52. The first-order valence-electron chi connectivity index (χ1n) is 14.0. The number of nitrogens with zero attached hydrogens (tertiary/aromatic N) is 2. The average molecular weight is 518 g/mol. The number of fused-ring (bicyclic) bond motifs is 1. The van der Waals surface area contributed by atoms with E-state index in [2.05, 4.69) is 21.9 Å². The van der Waals surface area contributed by atoms with Crippen molar-refractivity contribution in [3.8, 4) is 11.3 Å². The molecular formula is C30H39N5O3. The number of aromatic nitrogens is 3. The molecule has 2 aliphatic rings. The third-order valence-corrected chi connectivity index (χ3v) is 9.23. The number of para-hydroxylation sites is 1.